The van der Waals surface area contributed by atoms with Gasteiger partial charge in [0.2, 0.25) is 0 Å². The third-order valence-corrected chi connectivity index (χ3v) is 3.76. The molecule has 0 radical (unpaired) electrons. The molecule has 1 saturated heterocycles. The molecule has 1 aliphatic heterocycles. The lowest BCUT2D eigenvalue weighted by Crippen LogP contribution is -2.43. The van der Waals surface area contributed by atoms with Gasteiger partial charge < -0.3 is 19.7 Å². The van der Waals surface area contributed by atoms with Crippen LogP contribution >= 0.6 is 23.2 Å². The zero-order valence-corrected chi connectivity index (χ0v) is 13.3. The van der Waals surface area contributed by atoms with Gasteiger partial charge in [0, 0.05) is 25.7 Å². The number of amides is 2. The number of nitrogens with zero attached hydrogens (tertiary/aromatic N) is 1. The Hall–Kier alpha value is -1.66. The van der Waals surface area contributed by atoms with Gasteiger partial charge in [-0.3, -0.25) is 4.79 Å². The zero-order chi connectivity index (χ0) is 15.9. The number of ether oxygens (including phenoxy) is 2. The summed E-state index contributed by atoms with van der Waals surface area (Å²) >= 11 is 11.6. The van der Waals surface area contributed by atoms with Crippen molar-refractivity contribution in [3.8, 4) is 5.75 Å². The van der Waals surface area contributed by atoms with Gasteiger partial charge in [0.1, 0.15) is 5.75 Å². The second-order valence-corrected chi connectivity index (χ2v) is 5.48. The Morgan fingerprint density at radius 2 is 2.18 bits per heavy atom. The van der Waals surface area contributed by atoms with E-state index < -0.39 is 0 Å². The molecule has 22 heavy (non-hydrogen) atoms. The van der Waals surface area contributed by atoms with E-state index in [4.69, 9.17) is 32.7 Å². The summed E-state index contributed by atoms with van der Waals surface area (Å²) in [5.74, 6) is 0.181. The minimum Gasteiger partial charge on any atom is -0.484 e. The first-order chi connectivity index (χ1) is 10.6. The molecule has 2 rings (SSSR count). The van der Waals surface area contributed by atoms with Gasteiger partial charge in [0.05, 0.1) is 16.7 Å². The number of benzene rings is 1. The predicted molar refractivity (Wildman–Crippen MR) is 82.5 cm³/mol. The van der Waals surface area contributed by atoms with Crippen LogP contribution in [0.25, 0.3) is 0 Å². The molecule has 0 aliphatic carbocycles. The quantitative estimate of drug-likeness (QED) is 0.858. The molecule has 8 heteroatoms. The first kappa shape index (κ1) is 16.7. The van der Waals surface area contributed by atoms with E-state index in [1.165, 1.54) is 0 Å². The molecular weight excluding hydrogens is 331 g/mol. The van der Waals surface area contributed by atoms with Gasteiger partial charge in [-0.25, -0.2) is 4.79 Å². The van der Waals surface area contributed by atoms with E-state index in [2.05, 4.69) is 5.32 Å². The normalized spacial score (nSPS) is 14.5. The minimum absolute atomic E-state index is 0.137. The highest BCUT2D eigenvalue weighted by Crippen LogP contribution is 2.26. The van der Waals surface area contributed by atoms with Crippen molar-refractivity contribution in [2.24, 2.45) is 0 Å². The van der Waals surface area contributed by atoms with E-state index in [1.807, 2.05) is 0 Å². The van der Waals surface area contributed by atoms with Gasteiger partial charge in [-0.15, -0.1) is 0 Å². The SMILES string of the molecule is O=C(COc1ccc(Cl)c(Cl)c1)NCCN1CCCOC1=O. The van der Waals surface area contributed by atoms with Gasteiger partial charge in [-0.2, -0.15) is 0 Å². The Morgan fingerprint density at radius 3 is 2.91 bits per heavy atom. The highest BCUT2D eigenvalue weighted by molar-refractivity contribution is 6.42. The van der Waals surface area contributed by atoms with Crippen molar-refractivity contribution in [3.63, 3.8) is 0 Å². The number of halogens is 2. The van der Waals surface area contributed by atoms with Gasteiger partial charge >= 0.3 is 6.09 Å². The largest absolute Gasteiger partial charge is 0.484 e. The Bertz CT molecular complexity index is 554. The number of rotatable bonds is 6. The van der Waals surface area contributed by atoms with Crippen LogP contribution in [0.2, 0.25) is 10.0 Å². The standard InChI is InChI=1S/C14H16Cl2N2O4/c15-11-3-2-10(8-12(11)16)22-9-13(19)17-4-6-18-5-1-7-21-14(18)20/h2-3,8H,1,4-7,9H2,(H,17,19). The lowest BCUT2D eigenvalue weighted by Gasteiger charge is -2.26. The average molecular weight is 347 g/mol. The van der Waals surface area contributed by atoms with Gasteiger partial charge in [0.25, 0.3) is 5.91 Å². The molecule has 6 nitrogen and oxygen atoms in total. The summed E-state index contributed by atoms with van der Waals surface area (Å²) in [6, 6.07) is 4.77. The Labute approximate surface area is 138 Å². The third kappa shape index (κ3) is 4.96. The summed E-state index contributed by atoms with van der Waals surface area (Å²) in [7, 11) is 0. The van der Waals surface area contributed by atoms with Crippen LogP contribution in [0.5, 0.6) is 5.75 Å². The number of hydrogen-bond donors (Lipinski definition) is 1. The van der Waals surface area contributed by atoms with Crippen LogP contribution in [0, 0.1) is 0 Å². The summed E-state index contributed by atoms with van der Waals surface area (Å²) in [6.45, 7) is 1.73. The predicted octanol–water partition coefficient (Wildman–Crippen LogP) is 2.33. The second-order valence-electron chi connectivity index (χ2n) is 4.67. The summed E-state index contributed by atoms with van der Waals surface area (Å²) in [6.07, 6.45) is 0.465. The number of nitrogens with one attached hydrogen (secondary N) is 1. The van der Waals surface area contributed by atoms with Crippen LogP contribution in [-0.4, -0.2) is 49.7 Å². The van der Waals surface area contributed by atoms with Crippen molar-refractivity contribution in [1.82, 2.24) is 10.2 Å². The molecule has 0 aromatic heterocycles. The maximum Gasteiger partial charge on any atom is 0.409 e. The number of hydrogen-bond acceptors (Lipinski definition) is 4. The Balaban J connectivity index is 1.67. The molecule has 1 heterocycles. The van der Waals surface area contributed by atoms with E-state index in [-0.39, 0.29) is 18.6 Å². The monoisotopic (exact) mass is 346 g/mol. The summed E-state index contributed by atoms with van der Waals surface area (Å²) in [5.41, 5.74) is 0. The molecule has 0 saturated carbocycles. The third-order valence-electron chi connectivity index (χ3n) is 3.02. The highest BCUT2D eigenvalue weighted by atomic mass is 35.5. The van der Waals surface area contributed by atoms with E-state index >= 15 is 0 Å². The van der Waals surface area contributed by atoms with Crippen molar-refractivity contribution in [2.75, 3.05) is 32.8 Å². The number of cyclic esters (lactones) is 1. The molecule has 1 aliphatic rings. The van der Waals surface area contributed by atoms with Crippen LogP contribution in [0.15, 0.2) is 18.2 Å². The lowest BCUT2D eigenvalue weighted by atomic mass is 10.3. The van der Waals surface area contributed by atoms with Crippen molar-refractivity contribution in [3.05, 3.63) is 28.2 Å². The Kier molecular flexibility index (Phi) is 6.15. The maximum atomic E-state index is 11.7. The molecule has 1 fully saturated rings. The first-order valence-corrected chi connectivity index (χ1v) is 7.58. The van der Waals surface area contributed by atoms with Crippen molar-refractivity contribution in [1.29, 1.82) is 0 Å². The number of carbonyl (C=O) groups is 2. The van der Waals surface area contributed by atoms with Crippen molar-refractivity contribution in [2.45, 2.75) is 6.42 Å². The van der Waals surface area contributed by atoms with Gasteiger partial charge in [-0.1, -0.05) is 23.2 Å². The van der Waals surface area contributed by atoms with Crippen LogP contribution in [0.4, 0.5) is 4.79 Å². The zero-order valence-electron chi connectivity index (χ0n) is 11.8. The van der Waals surface area contributed by atoms with Crippen LogP contribution in [-0.2, 0) is 9.53 Å². The van der Waals surface area contributed by atoms with Crippen molar-refractivity contribution < 1.29 is 19.1 Å². The smallest absolute Gasteiger partial charge is 0.409 e. The highest BCUT2D eigenvalue weighted by Gasteiger charge is 2.18. The molecule has 120 valence electrons. The van der Waals surface area contributed by atoms with Gasteiger partial charge in [0.15, 0.2) is 6.61 Å². The molecule has 0 unspecified atom stereocenters. The average Bonchev–Trinajstić information content (AvgIpc) is 2.50. The molecular formula is C14H16Cl2N2O4. The fraction of sp³-hybridized carbons (Fsp3) is 0.429. The second kappa shape index (κ2) is 8.10. The fourth-order valence-corrected chi connectivity index (χ4v) is 2.19. The van der Waals surface area contributed by atoms with E-state index in [0.717, 1.165) is 6.42 Å². The molecule has 1 aromatic rings. The minimum atomic E-state index is -0.340. The van der Waals surface area contributed by atoms with Crippen molar-refractivity contribution >= 4 is 35.2 Å². The van der Waals surface area contributed by atoms with Crippen LogP contribution < -0.4 is 10.1 Å². The van der Waals surface area contributed by atoms with E-state index in [0.29, 0.717) is 42.0 Å². The summed E-state index contributed by atoms with van der Waals surface area (Å²) in [4.78, 5) is 24.6. The lowest BCUT2D eigenvalue weighted by molar-refractivity contribution is -0.123. The molecule has 0 atom stereocenters. The fourth-order valence-electron chi connectivity index (χ4n) is 1.90. The van der Waals surface area contributed by atoms with Crippen LogP contribution in [0.3, 0.4) is 0 Å². The molecule has 1 aromatic carbocycles. The molecule has 0 bridgehead atoms. The van der Waals surface area contributed by atoms with Crippen LogP contribution in [0.1, 0.15) is 6.42 Å². The van der Waals surface area contributed by atoms with E-state index in [9.17, 15) is 9.59 Å². The Morgan fingerprint density at radius 1 is 1.36 bits per heavy atom. The molecule has 2 amide bonds. The number of carbonyl (C=O) groups excluding carboxylic acids is 2. The van der Waals surface area contributed by atoms with Gasteiger partial charge in [-0.05, 0) is 18.6 Å². The topological polar surface area (TPSA) is 67.9 Å². The maximum absolute atomic E-state index is 11.7. The molecule has 0 spiro atoms. The van der Waals surface area contributed by atoms with E-state index in [1.54, 1.807) is 23.1 Å². The summed E-state index contributed by atoms with van der Waals surface area (Å²) < 4.78 is 10.2. The first-order valence-electron chi connectivity index (χ1n) is 6.82. The summed E-state index contributed by atoms with van der Waals surface area (Å²) in [5, 5.41) is 3.46. The molecule has 1 N–H and O–H groups in total.